The molecule has 2 aromatic carbocycles. The Morgan fingerprint density at radius 2 is 1.67 bits per heavy atom. The van der Waals surface area contributed by atoms with Gasteiger partial charge in [-0.05, 0) is 36.4 Å². The van der Waals surface area contributed by atoms with Crippen LogP contribution in [0.1, 0.15) is 0 Å². The molecule has 0 bridgehead atoms. The third kappa shape index (κ3) is 4.43. The Kier molecular flexibility index (Phi) is 5.13. The fourth-order valence-electron chi connectivity index (χ4n) is 2.61. The second kappa shape index (κ2) is 7.36. The van der Waals surface area contributed by atoms with Crippen LogP contribution < -0.4 is 24.0 Å². The van der Waals surface area contributed by atoms with Crippen molar-refractivity contribution in [1.29, 1.82) is 0 Å². The van der Waals surface area contributed by atoms with E-state index >= 15 is 0 Å². The number of carbonyl (C=O) groups is 1. The first-order chi connectivity index (χ1) is 12.7. The highest BCUT2D eigenvalue weighted by atomic mass is 32.2. The molecule has 144 valence electrons. The topological polar surface area (TPSA) is 88.2 Å². The van der Waals surface area contributed by atoms with Gasteiger partial charge in [-0.25, -0.2) is 8.42 Å². The van der Waals surface area contributed by atoms with Crippen LogP contribution in [-0.2, 0) is 14.8 Å². The number of carbonyl (C=O) groups excluding carboxylic acids is 1. The summed E-state index contributed by atoms with van der Waals surface area (Å²) in [6.45, 7) is -0.269. The zero-order valence-electron chi connectivity index (χ0n) is 15.3. The molecule has 0 aromatic heterocycles. The van der Waals surface area contributed by atoms with E-state index in [2.05, 4.69) is 5.32 Å². The molecule has 27 heavy (non-hydrogen) atoms. The largest absolute Gasteiger partial charge is 0.454 e. The van der Waals surface area contributed by atoms with E-state index in [1.165, 1.54) is 0 Å². The van der Waals surface area contributed by atoms with E-state index in [0.717, 1.165) is 16.2 Å². The smallest absolute Gasteiger partial charge is 0.245 e. The lowest BCUT2D eigenvalue weighted by atomic mass is 10.2. The summed E-state index contributed by atoms with van der Waals surface area (Å²) in [5.74, 6) is 0.536. The monoisotopic (exact) mass is 391 g/mol. The van der Waals surface area contributed by atoms with Crippen molar-refractivity contribution in [3.8, 4) is 11.5 Å². The van der Waals surface area contributed by atoms with Crippen LogP contribution >= 0.6 is 0 Å². The number of ether oxygens (including phenoxy) is 2. The van der Waals surface area contributed by atoms with Crippen molar-refractivity contribution < 1.29 is 22.7 Å². The van der Waals surface area contributed by atoms with Gasteiger partial charge in [0.2, 0.25) is 22.7 Å². The van der Waals surface area contributed by atoms with Crippen LogP contribution in [0.25, 0.3) is 0 Å². The van der Waals surface area contributed by atoms with Gasteiger partial charge in [-0.15, -0.1) is 0 Å². The number of sulfonamides is 1. The molecular formula is C18H21N3O5S. The maximum absolute atomic E-state index is 12.4. The first-order valence-corrected chi connectivity index (χ1v) is 10.0. The molecule has 0 atom stereocenters. The van der Waals surface area contributed by atoms with Gasteiger partial charge in [0, 0.05) is 31.5 Å². The second-order valence-corrected chi connectivity index (χ2v) is 8.20. The van der Waals surface area contributed by atoms with E-state index in [1.807, 2.05) is 31.1 Å². The summed E-state index contributed by atoms with van der Waals surface area (Å²) in [6, 6.07) is 12.0. The molecular weight excluding hydrogens is 370 g/mol. The maximum atomic E-state index is 12.4. The lowest BCUT2D eigenvalue weighted by Gasteiger charge is -2.22. The highest BCUT2D eigenvalue weighted by Gasteiger charge is 2.23. The summed E-state index contributed by atoms with van der Waals surface area (Å²) in [6.07, 6.45) is 1.05. The van der Waals surface area contributed by atoms with Gasteiger partial charge in [0.25, 0.3) is 0 Å². The molecule has 1 N–H and O–H groups in total. The Balaban J connectivity index is 1.76. The van der Waals surface area contributed by atoms with E-state index in [1.54, 1.807) is 30.3 Å². The quantitative estimate of drug-likeness (QED) is 0.809. The second-order valence-electron chi connectivity index (χ2n) is 6.30. The summed E-state index contributed by atoms with van der Waals surface area (Å²) in [5, 5.41) is 2.71. The minimum absolute atomic E-state index is 0.0844. The minimum atomic E-state index is -3.67. The molecule has 0 spiro atoms. The van der Waals surface area contributed by atoms with Crippen LogP contribution in [0.3, 0.4) is 0 Å². The fraction of sp³-hybridized carbons (Fsp3) is 0.278. The number of nitrogens with zero attached hydrogens (tertiary/aromatic N) is 2. The molecule has 0 saturated carbocycles. The highest BCUT2D eigenvalue weighted by Crippen LogP contribution is 2.36. The lowest BCUT2D eigenvalue weighted by molar-refractivity contribution is -0.114. The Bertz CT molecular complexity index is 942. The van der Waals surface area contributed by atoms with Crippen molar-refractivity contribution in [3.63, 3.8) is 0 Å². The average Bonchev–Trinajstić information content (AvgIpc) is 3.06. The van der Waals surface area contributed by atoms with Crippen LogP contribution in [0.15, 0.2) is 42.5 Å². The van der Waals surface area contributed by atoms with Gasteiger partial charge in [-0.2, -0.15) is 0 Å². The third-order valence-electron chi connectivity index (χ3n) is 4.00. The highest BCUT2D eigenvalue weighted by molar-refractivity contribution is 7.92. The molecule has 3 rings (SSSR count). The van der Waals surface area contributed by atoms with Gasteiger partial charge < -0.3 is 19.7 Å². The summed E-state index contributed by atoms with van der Waals surface area (Å²) in [7, 11) is 0.168. The molecule has 0 aliphatic carbocycles. The zero-order chi connectivity index (χ0) is 19.6. The fourth-order valence-corrected chi connectivity index (χ4v) is 3.46. The van der Waals surface area contributed by atoms with Crippen molar-refractivity contribution in [2.75, 3.05) is 48.2 Å². The Labute approximate surface area is 158 Å². The van der Waals surface area contributed by atoms with Crippen molar-refractivity contribution in [3.05, 3.63) is 42.5 Å². The van der Waals surface area contributed by atoms with Gasteiger partial charge in [0.15, 0.2) is 11.5 Å². The molecule has 0 radical (unpaired) electrons. The van der Waals surface area contributed by atoms with Crippen LogP contribution in [0, 0.1) is 0 Å². The van der Waals surface area contributed by atoms with E-state index in [-0.39, 0.29) is 13.3 Å². The van der Waals surface area contributed by atoms with Crippen LogP contribution in [-0.4, -0.2) is 48.0 Å². The molecule has 2 aromatic rings. The van der Waals surface area contributed by atoms with E-state index in [4.69, 9.17) is 9.47 Å². The van der Waals surface area contributed by atoms with Crippen LogP contribution in [0.4, 0.5) is 17.1 Å². The SMILES string of the molecule is CN(C)c1ccc(NC(=O)CN(c2ccc3c(c2)OCO3)S(C)(=O)=O)cc1. The number of hydrogen-bond donors (Lipinski definition) is 1. The number of benzene rings is 2. The molecule has 0 saturated heterocycles. The van der Waals surface area contributed by atoms with E-state index in [0.29, 0.717) is 22.9 Å². The lowest BCUT2D eigenvalue weighted by Crippen LogP contribution is -2.37. The Morgan fingerprint density at radius 1 is 1.04 bits per heavy atom. The van der Waals surface area contributed by atoms with Crippen molar-refractivity contribution in [1.82, 2.24) is 0 Å². The molecule has 0 unspecified atom stereocenters. The first kappa shape index (κ1) is 18.8. The standard InChI is InChI=1S/C18H21N3O5S/c1-20(2)14-6-4-13(5-7-14)19-18(22)11-21(27(3,23)24)15-8-9-16-17(10-15)26-12-25-16/h4-10H,11-12H2,1-3H3,(H,19,22). The third-order valence-corrected chi connectivity index (χ3v) is 5.14. The van der Waals surface area contributed by atoms with Crippen molar-refractivity contribution >= 4 is 33.0 Å². The zero-order valence-corrected chi connectivity index (χ0v) is 16.1. The Morgan fingerprint density at radius 3 is 2.30 bits per heavy atom. The molecule has 1 aliphatic rings. The molecule has 9 heteroatoms. The first-order valence-electron chi connectivity index (χ1n) is 8.18. The summed E-state index contributed by atoms with van der Waals surface area (Å²) in [4.78, 5) is 14.4. The number of hydrogen-bond acceptors (Lipinski definition) is 6. The Hall–Kier alpha value is -2.94. The number of nitrogens with one attached hydrogen (secondary N) is 1. The molecule has 8 nitrogen and oxygen atoms in total. The molecule has 0 fully saturated rings. The minimum Gasteiger partial charge on any atom is -0.454 e. The number of amides is 1. The summed E-state index contributed by atoms with van der Waals surface area (Å²) >= 11 is 0. The number of fused-ring (bicyclic) bond motifs is 1. The van der Waals surface area contributed by atoms with Gasteiger partial charge in [-0.3, -0.25) is 9.10 Å². The van der Waals surface area contributed by atoms with E-state index < -0.39 is 15.9 Å². The summed E-state index contributed by atoms with van der Waals surface area (Å²) in [5.41, 5.74) is 1.91. The predicted molar refractivity (Wildman–Crippen MR) is 104 cm³/mol. The van der Waals surface area contributed by atoms with Gasteiger partial charge in [0.1, 0.15) is 6.54 Å². The normalized spacial score (nSPS) is 12.6. The summed E-state index contributed by atoms with van der Waals surface area (Å²) < 4.78 is 36.0. The van der Waals surface area contributed by atoms with Crippen LogP contribution in [0.2, 0.25) is 0 Å². The van der Waals surface area contributed by atoms with E-state index in [9.17, 15) is 13.2 Å². The van der Waals surface area contributed by atoms with Gasteiger partial charge >= 0.3 is 0 Å². The predicted octanol–water partition coefficient (Wildman–Crippen LogP) is 1.89. The van der Waals surface area contributed by atoms with Crippen LogP contribution in [0.5, 0.6) is 11.5 Å². The van der Waals surface area contributed by atoms with Gasteiger partial charge in [0.05, 0.1) is 11.9 Å². The molecule has 1 heterocycles. The number of anilines is 3. The molecule has 1 aliphatic heterocycles. The average molecular weight is 391 g/mol. The maximum Gasteiger partial charge on any atom is 0.245 e. The number of rotatable bonds is 6. The van der Waals surface area contributed by atoms with Gasteiger partial charge in [-0.1, -0.05) is 0 Å². The molecule has 1 amide bonds. The van der Waals surface area contributed by atoms with Crippen molar-refractivity contribution in [2.24, 2.45) is 0 Å². The van der Waals surface area contributed by atoms with Crippen molar-refractivity contribution in [2.45, 2.75) is 0 Å².